The minimum atomic E-state index is -0.383. The molecule has 0 aliphatic carbocycles. The molecule has 108 valence electrons. The minimum absolute atomic E-state index is 0.00774. The lowest BCUT2D eigenvalue weighted by Gasteiger charge is -2.30. The summed E-state index contributed by atoms with van der Waals surface area (Å²) in [5, 5.41) is 9.67. The quantitative estimate of drug-likeness (QED) is 0.919. The number of nitrogens with zero attached hydrogens (tertiary/aromatic N) is 1. The average Bonchev–Trinajstić information content (AvgIpc) is 2.55. The van der Waals surface area contributed by atoms with E-state index < -0.39 is 0 Å². The van der Waals surface area contributed by atoms with E-state index in [4.69, 9.17) is 0 Å². The van der Waals surface area contributed by atoms with Crippen molar-refractivity contribution in [2.75, 3.05) is 13.1 Å². The first kappa shape index (κ1) is 13.8. The van der Waals surface area contributed by atoms with Crippen molar-refractivity contribution in [3.63, 3.8) is 0 Å². The number of carbonyl (C=O) groups excluding carboxylic acids is 1. The Morgan fingerprint density at radius 1 is 1.00 bits per heavy atom. The molecule has 1 N–H and O–H groups in total. The number of aliphatic hydroxyl groups excluding tert-OH is 1. The van der Waals surface area contributed by atoms with E-state index in [0.29, 0.717) is 12.1 Å². The second kappa shape index (κ2) is 6.10. The molecular formula is C18H19NO2. The molecule has 0 aromatic heterocycles. The van der Waals surface area contributed by atoms with Crippen LogP contribution in [-0.4, -0.2) is 35.1 Å². The fourth-order valence-electron chi connectivity index (χ4n) is 2.76. The Kier molecular flexibility index (Phi) is 4.02. The maximum absolute atomic E-state index is 12.4. The zero-order chi connectivity index (χ0) is 14.7. The lowest BCUT2D eigenvalue weighted by Crippen LogP contribution is -2.42. The monoisotopic (exact) mass is 281 g/mol. The van der Waals surface area contributed by atoms with Gasteiger partial charge in [-0.1, -0.05) is 42.5 Å². The Morgan fingerprint density at radius 3 is 2.33 bits per heavy atom. The molecule has 2 aromatic rings. The van der Waals surface area contributed by atoms with E-state index in [9.17, 15) is 9.90 Å². The van der Waals surface area contributed by atoms with E-state index in [1.54, 1.807) is 4.90 Å². The number of rotatable bonds is 2. The normalized spacial score (nSPS) is 18.5. The third-order valence-corrected chi connectivity index (χ3v) is 3.92. The average molecular weight is 281 g/mol. The maximum atomic E-state index is 12.4. The molecule has 1 aliphatic heterocycles. The third kappa shape index (κ3) is 3.14. The number of hydrogen-bond acceptors (Lipinski definition) is 2. The van der Waals surface area contributed by atoms with Crippen molar-refractivity contribution in [1.82, 2.24) is 4.90 Å². The Labute approximate surface area is 124 Å². The molecule has 3 nitrogen and oxygen atoms in total. The van der Waals surface area contributed by atoms with Gasteiger partial charge in [0.1, 0.15) is 0 Å². The van der Waals surface area contributed by atoms with E-state index in [0.717, 1.165) is 30.5 Å². The molecule has 0 spiro atoms. The number of benzene rings is 2. The van der Waals surface area contributed by atoms with Gasteiger partial charge in [0.05, 0.1) is 6.10 Å². The van der Waals surface area contributed by atoms with E-state index in [2.05, 4.69) is 12.1 Å². The summed E-state index contributed by atoms with van der Waals surface area (Å²) < 4.78 is 0. The molecular weight excluding hydrogens is 262 g/mol. The van der Waals surface area contributed by atoms with Crippen LogP contribution in [0, 0.1) is 0 Å². The van der Waals surface area contributed by atoms with Gasteiger partial charge in [-0.3, -0.25) is 4.79 Å². The molecule has 1 heterocycles. The molecule has 0 bridgehead atoms. The molecule has 1 atom stereocenters. The lowest BCUT2D eigenvalue weighted by atomic mass is 10.0. The van der Waals surface area contributed by atoms with Gasteiger partial charge in [0.15, 0.2) is 0 Å². The smallest absolute Gasteiger partial charge is 0.253 e. The number of aliphatic hydroxyl groups is 1. The zero-order valence-corrected chi connectivity index (χ0v) is 11.9. The summed E-state index contributed by atoms with van der Waals surface area (Å²) >= 11 is 0. The van der Waals surface area contributed by atoms with Gasteiger partial charge >= 0.3 is 0 Å². The van der Waals surface area contributed by atoms with Gasteiger partial charge in [-0.05, 0) is 36.1 Å². The summed E-state index contributed by atoms with van der Waals surface area (Å²) in [4.78, 5) is 14.1. The Morgan fingerprint density at radius 2 is 1.67 bits per heavy atom. The zero-order valence-electron chi connectivity index (χ0n) is 11.9. The van der Waals surface area contributed by atoms with E-state index >= 15 is 0 Å². The van der Waals surface area contributed by atoms with Crippen molar-refractivity contribution in [2.45, 2.75) is 18.9 Å². The van der Waals surface area contributed by atoms with Crippen molar-refractivity contribution in [1.29, 1.82) is 0 Å². The summed E-state index contributed by atoms with van der Waals surface area (Å²) in [7, 11) is 0. The van der Waals surface area contributed by atoms with Crippen LogP contribution < -0.4 is 0 Å². The van der Waals surface area contributed by atoms with Gasteiger partial charge in [0.25, 0.3) is 5.91 Å². The molecule has 0 saturated carbocycles. The van der Waals surface area contributed by atoms with Gasteiger partial charge in [0.2, 0.25) is 0 Å². The fourth-order valence-corrected chi connectivity index (χ4v) is 2.76. The van der Waals surface area contributed by atoms with Crippen LogP contribution in [0.15, 0.2) is 54.6 Å². The SMILES string of the molecule is O=C(c1ccc(-c2ccccc2)cc1)N1CCCC(O)C1. The highest BCUT2D eigenvalue weighted by molar-refractivity contribution is 5.94. The molecule has 21 heavy (non-hydrogen) atoms. The highest BCUT2D eigenvalue weighted by Crippen LogP contribution is 2.20. The number of carbonyl (C=O) groups is 1. The van der Waals surface area contributed by atoms with Crippen molar-refractivity contribution in [3.8, 4) is 11.1 Å². The fraction of sp³-hybridized carbons (Fsp3) is 0.278. The maximum Gasteiger partial charge on any atom is 0.253 e. The molecule has 1 aliphatic rings. The highest BCUT2D eigenvalue weighted by atomic mass is 16.3. The topological polar surface area (TPSA) is 40.5 Å². The highest BCUT2D eigenvalue weighted by Gasteiger charge is 2.22. The number of likely N-dealkylation sites (tertiary alicyclic amines) is 1. The van der Waals surface area contributed by atoms with Gasteiger partial charge in [-0.25, -0.2) is 0 Å². The van der Waals surface area contributed by atoms with Crippen LogP contribution in [-0.2, 0) is 0 Å². The second-order valence-corrected chi connectivity index (χ2v) is 5.49. The standard InChI is InChI=1S/C18H19NO2/c20-17-7-4-12-19(13-17)18(21)16-10-8-15(9-11-16)14-5-2-1-3-6-14/h1-3,5-6,8-11,17,20H,4,7,12-13H2. The molecule has 1 unspecified atom stereocenters. The molecule has 1 fully saturated rings. The lowest BCUT2D eigenvalue weighted by molar-refractivity contribution is 0.0474. The molecule has 3 rings (SSSR count). The summed E-state index contributed by atoms with van der Waals surface area (Å²) in [6, 6.07) is 17.8. The van der Waals surface area contributed by atoms with Gasteiger partial charge in [0, 0.05) is 18.7 Å². The summed E-state index contributed by atoms with van der Waals surface area (Å²) in [5.41, 5.74) is 2.93. The number of hydrogen-bond donors (Lipinski definition) is 1. The molecule has 0 radical (unpaired) electrons. The molecule has 3 heteroatoms. The van der Waals surface area contributed by atoms with Crippen LogP contribution in [0.3, 0.4) is 0 Å². The minimum Gasteiger partial charge on any atom is -0.391 e. The number of β-amino-alcohol motifs (C(OH)–C–C–N with tert-alkyl or cyclic N) is 1. The van der Waals surface area contributed by atoms with Crippen molar-refractivity contribution in [2.24, 2.45) is 0 Å². The Hall–Kier alpha value is -2.13. The molecule has 2 aromatic carbocycles. The third-order valence-electron chi connectivity index (χ3n) is 3.92. The second-order valence-electron chi connectivity index (χ2n) is 5.49. The predicted octanol–water partition coefficient (Wildman–Crippen LogP) is 2.95. The largest absolute Gasteiger partial charge is 0.391 e. The van der Waals surface area contributed by atoms with Gasteiger partial charge < -0.3 is 10.0 Å². The van der Waals surface area contributed by atoms with Crippen LogP contribution >= 0.6 is 0 Å². The predicted molar refractivity (Wildman–Crippen MR) is 83.0 cm³/mol. The number of amides is 1. The summed E-state index contributed by atoms with van der Waals surface area (Å²) in [5.74, 6) is 0.00774. The van der Waals surface area contributed by atoms with E-state index in [-0.39, 0.29) is 12.0 Å². The van der Waals surface area contributed by atoms with Crippen LogP contribution in [0.4, 0.5) is 0 Å². The van der Waals surface area contributed by atoms with Crippen molar-refractivity contribution < 1.29 is 9.90 Å². The van der Waals surface area contributed by atoms with Crippen molar-refractivity contribution >= 4 is 5.91 Å². The molecule has 1 saturated heterocycles. The van der Waals surface area contributed by atoms with Crippen molar-refractivity contribution in [3.05, 3.63) is 60.2 Å². The van der Waals surface area contributed by atoms with Gasteiger partial charge in [-0.15, -0.1) is 0 Å². The van der Waals surface area contributed by atoms with Crippen LogP contribution in [0.25, 0.3) is 11.1 Å². The molecule has 1 amide bonds. The first-order chi connectivity index (χ1) is 10.2. The van der Waals surface area contributed by atoms with Crippen LogP contribution in [0.5, 0.6) is 0 Å². The number of piperidine rings is 1. The Bertz CT molecular complexity index is 607. The first-order valence-corrected chi connectivity index (χ1v) is 7.37. The van der Waals surface area contributed by atoms with Crippen LogP contribution in [0.2, 0.25) is 0 Å². The van der Waals surface area contributed by atoms with E-state index in [1.807, 2.05) is 42.5 Å². The Balaban J connectivity index is 1.76. The summed E-state index contributed by atoms with van der Waals surface area (Å²) in [6.45, 7) is 1.18. The van der Waals surface area contributed by atoms with Crippen LogP contribution in [0.1, 0.15) is 23.2 Å². The van der Waals surface area contributed by atoms with E-state index in [1.165, 1.54) is 0 Å². The van der Waals surface area contributed by atoms with Gasteiger partial charge in [-0.2, -0.15) is 0 Å². The first-order valence-electron chi connectivity index (χ1n) is 7.37. The summed E-state index contributed by atoms with van der Waals surface area (Å²) in [6.07, 6.45) is 1.28.